The molecule has 5 rings (SSSR count). The number of fused-ring (bicyclic) bond motifs is 2. The fourth-order valence-electron chi connectivity index (χ4n) is 4.73. The van der Waals surface area contributed by atoms with E-state index in [0.29, 0.717) is 13.1 Å². The molecule has 0 atom stereocenters. The van der Waals surface area contributed by atoms with E-state index in [4.69, 9.17) is 0 Å². The van der Waals surface area contributed by atoms with Crippen molar-refractivity contribution in [1.82, 2.24) is 14.9 Å². The van der Waals surface area contributed by atoms with Crippen molar-refractivity contribution in [2.45, 2.75) is 32.3 Å². The molecule has 3 heterocycles. The number of amides is 1. The highest BCUT2D eigenvalue weighted by atomic mass is 16.3. The number of carbonyl (C=O) groups excluding carboxylic acids is 1. The Morgan fingerprint density at radius 2 is 1.87 bits per heavy atom. The van der Waals surface area contributed by atoms with Crippen LogP contribution >= 0.6 is 0 Å². The van der Waals surface area contributed by atoms with Crippen molar-refractivity contribution in [3.63, 3.8) is 0 Å². The number of carbonyl (C=O) groups is 1. The van der Waals surface area contributed by atoms with E-state index in [1.807, 2.05) is 49.3 Å². The molecule has 1 saturated heterocycles. The summed E-state index contributed by atoms with van der Waals surface area (Å²) in [5.74, 6) is 0.282. The molecule has 1 aliphatic heterocycles. The number of nitrogens with one attached hydrogen (secondary N) is 1. The van der Waals surface area contributed by atoms with Gasteiger partial charge < -0.3 is 15.0 Å². The normalized spacial score (nSPS) is 15.6. The van der Waals surface area contributed by atoms with Gasteiger partial charge in [-0.05, 0) is 79.5 Å². The topological polar surface area (TPSA) is 69.2 Å². The summed E-state index contributed by atoms with van der Waals surface area (Å²) in [6.07, 6.45) is 7.19. The monoisotopic (exact) mass is 413 g/mol. The second-order valence-electron chi connectivity index (χ2n) is 9.12. The molecule has 2 aromatic carbocycles. The van der Waals surface area contributed by atoms with Crippen molar-refractivity contribution in [3.8, 4) is 11.1 Å². The van der Waals surface area contributed by atoms with Crippen LogP contribution in [0.1, 0.15) is 37.0 Å². The third kappa shape index (κ3) is 3.70. The van der Waals surface area contributed by atoms with E-state index in [1.54, 1.807) is 6.20 Å². The van der Waals surface area contributed by atoms with Crippen molar-refractivity contribution < 1.29 is 9.90 Å². The number of aromatic nitrogens is 2. The van der Waals surface area contributed by atoms with Gasteiger partial charge in [-0.25, -0.2) is 0 Å². The minimum absolute atomic E-state index is 0.0584. The van der Waals surface area contributed by atoms with E-state index in [-0.39, 0.29) is 11.8 Å². The lowest BCUT2D eigenvalue weighted by atomic mass is 9.83. The van der Waals surface area contributed by atoms with Crippen LogP contribution in [0.5, 0.6) is 0 Å². The van der Waals surface area contributed by atoms with Crippen LogP contribution in [0.25, 0.3) is 32.8 Å². The van der Waals surface area contributed by atoms with Gasteiger partial charge in [-0.3, -0.25) is 9.78 Å². The van der Waals surface area contributed by atoms with Crippen LogP contribution in [-0.2, 0) is 0 Å². The van der Waals surface area contributed by atoms with Crippen LogP contribution < -0.4 is 0 Å². The molecule has 5 nitrogen and oxygen atoms in total. The summed E-state index contributed by atoms with van der Waals surface area (Å²) in [5, 5.41) is 13.5. The van der Waals surface area contributed by atoms with Crippen LogP contribution in [0.3, 0.4) is 0 Å². The zero-order valence-corrected chi connectivity index (χ0v) is 17.9. The smallest absolute Gasteiger partial charge is 0.254 e. The van der Waals surface area contributed by atoms with Crippen LogP contribution in [0.4, 0.5) is 0 Å². The maximum atomic E-state index is 13.5. The quantitative estimate of drug-likeness (QED) is 0.496. The molecule has 0 aliphatic carbocycles. The van der Waals surface area contributed by atoms with Gasteiger partial charge in [-0.1, -0.05) is 12.1 Å². The van der Waals surface area contributed by atoms with E-state index in [0.717, 1.165) is 51.2 Å². The molecule has 0 unspecified atom stereocenters. The summed E-state index contributed by atoms with van der Waals surface area (Å²) >= 11 is 0. The van der Waals surface area contributed by atoms with Gasteiger partial charge in [0.1, 0.15) is 0 Å². The molecule has 0 saturated carbocycles. The maximum Gasteiger partial charge on any atom is 0.254 e. The Bertz CT molecular complexity index is 1260. The molecule has 5 heteroatoms. The minimum Gasteiger partial charge on any atom is -0.390 e. The van der Waals surface area contributed by atoms with Gasteiger partial charge in [0.2, 0.25) is 0 Å². The number of hydrogen-bond acceptors (Lipinski definition) is 3. The van der Waals surface area contributed by atoms with Crippen molar-refractivity contribution in [1.29, 1.82) is 0 Å². The van der Waals surface area contributed by atoms with Gasteiger partial charge in [0.15, 0.2) is 0 Å². The van der Waals surface area contributed by atoms with Crippen LogP contribution in [0.15, 0.2) is 61.1 Å². The Morgan fingerprint density at radius 3 is 2.65 bits per heavy atom. The van der Waals surface area contributed by atoms with Gasteiger partial charge in [-0.2, -0.15) is 0 Å². The first-order valence-corrected chi connectivity index (χ1v) is 10.9. The number of hydrogen-bond donors (Lipinski definition) is 2. The average molecular weight is 414 g/mol. The Balaban J connectivity index is 1.50. The molecule has 0 spiro atoms. The van der Waals surface area contributed by atoms with Crippen molar-refractivity contribution >= 4 is 27.6 Å². The fourth-order valence-corrected chi connectivity index (χ4v) is 4.73. The van der Waals surface area contributed by atoms with Crippen LogP contribution in [0.2, 0.25) is 0 Å². The molecule has 158 valence electrons. The Labute approximate surface area is 181 Å². The summed E-state index contributed by atoms with van der Waals surface area (Å²) in [7, 11) is 0. The molecule has 1 amide bonds. The summed E-state index contributed by atoms with van der Waals surface area (Å²) in [5.41, 5.74) is 3.05. The zero-order valence-electron chi connectivity index (χ0n) is 17.9. The Morgan fingerprint density at radius 1 is 1.06 bits per heavy atom. The standard InChI is InChI=1S/C26H27N3O2/c1-26(2,31)21-7-11-29(12-8-21)25(30)23-14-19(15-24-22(23)6-10-28-24)18-4-3-17-5-9-27-16-20(17)13-18/h3-6,9-10,13-16,21,28,31H,7-8,11-12H2,1-2H3. The lowest BCUT2D eigenvalue weighted by Gasteiger charge is -2.37. The molecular weight excluding hydrogens is 386 g/mol. The lowest BCUT2D eigenvalue weighted by Crippen LogP contribution is -2.44. The molecule has 4 aromatic rings. The van der Waals surface area contributed by atoms with Gasteiger partial charge in [0.05, 0.1) is 5.60 Å². The molecule has 31 heavy (non-hydrogen) atoms. The first-order valence-electron chi connectivity index (χ1n) is 10.9. The Kier molecular flexibility index (Phi) is 4.78. The van der Waals surface area contributed by atoms with Gasteiger partial charge in [0, 0.05) is 53.5 Å². The van der Waals surface area contributed by atoms with Gasteiger partial charge in [0.25, 0.3) is 5.91 Å². The van der Waals surface area contributed by atoms with E-state index in [1.165, 1.54) is 0 Å². The van der Waals surface area contributed by atoms with E-state index >= 15 is 0 Å². The summed E-state index contributed by atoms with van der Waals surface area (Å²) < 4.78 is 0. The fraction of sp³-hybridized carbons (Fsp3) is 0.308. The van der Waals surface area contributed by atoms with Gasteiger partial charge in [-0.15, -0.1) is 0 Å². The predicted molar refractivity (Wildman–Crippen MR) is 124 cm³/mol. The maximum absolute atomic E-state index is 13.5. The first kappa shape index (κ1) is 19.8. The van der Waals surface area contributed by atoms with Crippen molar-refractivity contribution in [2.24, 2.45) is 5.92 Å². The number of aliphatic hydroxyl groups is 1. The number of piperidine rings is 1. The third-order valence-electron chi connectivity index (χ3n) is 6.65. The van der Waals surface area contributed by atoms with Crippen molar-refractivity contribution in [2.75, 3.05) is 13.1 Å². The molecule has 1 fully saturated rings. The molecule has 0 radical (unpaired) electrons. The predicted octanol–water partition coefficient (Wildman–Crippen LogP) is 5.01. The van der Waals surface area contributed by atoms with Gasteiger partial charge >= 0.3 is 0 Å². The van der Waals surface area contributed by atoms with E-state index in [9.17, 15) is 9.90 Å². The van der Waals surface area contributed by atoms with Crippen LogP contribution in [0, 0.1) is 5.92 Å². The molecule has 2 aromatic heterocycles. The molecule has 1 aliphatic rings. The minimum atomic E-state index is -0.700. The summed E-state index contributed by atoms with van der Waals surface area (Å²) in [6, 6.07) is 14.4. The highest BCUT2D eigenvalue weighted by Gasteiger charge is 2.32. The SMILES string of the molecule is CC(C)(O)C1CCN(C(=O)c2cc(-c3ccc4ccncc4c3)cc3[nH]ccc23)CC1. The number of benzene rings is 2. The zero-order chi connectivity index (χ0) is 21.6. The number of rotatable bonds is 3. The Hall–Kier alpha value is -3.18. The number of likely N-dealkylation sites (tertiary alicyclic amines) is 1. The largest absolute Gasteiger partial charge is 0.390 e. The number of aromatic amines is 1. The number of pyridine rings is 1. The number of H-pyrrole nitrogens is 1. The average Bonchev–Trinajstić information content (AvgIpc) is 3.26. The molecule has 2 N–H and O–H groups in total. The van der Waals surface area contributed by atoms with E-state index in [2.05, 4.69) is 34.2 Å². The molecular formula is C26H27N3O2. The first-order chi connectivity index (χ1) is 14.9. The highest BCUT2D eigenvalue weighted by Crippen LogP contribution is 2.32. The molecule has 0 bridgehead atoms. The number of nitrogens with zero attached hydrogens (tertiary/aromatic N) is 2. The summed E-state index contributed by atoms with van der Waals surface area (Å²) in [6.45, 7) is 5.07. The highest BCUT2D eigenvalue weighted by molar-refractivity contribution is 6.08. The lowest BCUT2D eigenvalue weighted by molar-refractivity contribution is -0.0108. The van der Waals surface area contributed by atoms with E-state index < -0.39 is 5.60 Å². The second-order valence-corrected chi connectivity index (χ2v) is 9.12. The van der Waals surface area contributed by atoms with Crippen LogP contribution in [-0.4, -0.2) is 44.6 Å². The van der Waals surface area contributed by atoms with Crippen molar-refractivity contribution in [3.05, 3.63) is 66.6 Å². The second kappa shape index (κ2) is 7.50. The summed E-state index contributed by atoms with van der Waals surface area (Å²) in [4.78, 5) is 22.9. The third-order valence-corrected chi connectivity index (χ3v) is 6.65.